The highest BCUT2D eigenvalue weighted by Crippen LogP contribution is 2.20. The Morgan fingerprint density at radius 2 is 1.40 bits per heavy atom. The first kappa shape index (κ1) is 21.1. The molecule has 7 heteroatoms. The predicted molar refractivity (Wildman–Crippen MR) is 114 cm³/mol. The smallest absolute Gasteiger partial charge is 0.318 e. The van der Waals surface area contributed by atoms with Crippen molar-refractivity contribution in [3.63, 3.8) is 0 Å². The number of nitrogens with zero attached hydrogens (tertiary/aromatic N) is 1. The molecule has 0 saturated heterocycles. The number of para-hydroxylation sites is 2. The maximum atomic E-state index is 11.2. The fourth-order valence-corrected chi connectivity index (χ4v) is 3.10. The van der Waals surface area contributed by atoms with Crippen LogP contribution in [0.25, 0.3) is 22.2 Å². The Kier molecular flexibility index (Phi) is 7.63. The van der Waals surface area contributed by atoms with E-state index < -0.39 is 11.9 Å². The van der Waals surface area contributed by atoms with Crippen LogP contribution in [-0.4, -0.2) is 21.9 Å². The number of carbonyl (C=O) groups is 2. The van der Waals surface area contributed by atoms with Gasteiger partial charge in [0.05, 0.1) is 17.5 Å². The van der Waals surface area contributed by atoms with E-state index >= 15 is 0 Å². The number of benzene rings is 3. The molecule has 0 fully saturated rings. The Bertz CT molecular complexity index is 1030. The zero-order chi connectivity index (χ0) is 21.2. The van der Waals surface area contributed by atoms with E-state index in [1.807, 2.05) is 36.4 Å². The molecule has 1 N–H and O–H groups in total. The molecule has 0 radical (unpaired) electrons. The Morgan fingerprint density at radius 1 is 0.833 bits per heavy atom. The molecular formula is C23H19N2O4S-. The molecule has 0 atom stereocenters. The molecule has 3 aromatic carbocycles. The molecule has 0 aliphatic rings. The summed E-state index contributed by atoms with van der Waals surface area (Å²) in [7, 11) is 0. The van der Waals surface area contributed by atoms with Gasteiger partial charge in [-0.15, -0.1) is 0 Å². The number of aromatic nitrogens is 2. The molecule has 0 aliphatic heterocycles. The Hall–Kier alpha value is -3.58. The first-order chi connectivity index (χ1) is 14.6. The summed E-state index contributed by atoms with van der Waals surface area (Å²) in [4.78, 5) is 28.5. The Labute approximate surface area is 178 Å². The molecular weight excluding hydrogens is 400 g/mol. The van der Waals surface area contributed by atoms with Gasteiger partial charge < -0.3 is 19.1 Å². The van der Waals surface area contributed by atoms with Crippen molar-refractivity contribution in [3.05, 3.63) is 84.9 Å². The van der Waals surface area contributed by atoms with Crippen LogP contribution in [0.5, 0.6) is 0 Å². The minimum absolute atomic E-state index is 0.213. The van der Waals surface area contributed by atoms with Gasteiger partial charge in [0.25, 0.3) is 0 Å². The highest BCUT2D eigenvalue weighted by Gasteiger charge is 2.08. The van der Waals surface area contributed by atoms with Crippen molar-refractivity contribution in [3.8, 4) is 11.1 Å². The highest BCUT2D eigenvalue weighted by atomic mass is 32.2. The fraction of sp³-hybridized carbons (Fsp3) is 0.0870. The normalized spacial score (nSPS) is 10.1. The second-order valence-corrected chi connectivity index (χ2v) is 6.92. The highest BCUT2D eigenvalue weighted by molar-refractivity contribution is 7.94. The maximum absolute atomic E-state index is 11.2. The molecule has 152 valence electrons. The van der Waals surface area contributed by atoms with E-state index in [1.165, 1.54) is 11.1 Å². The molecule has 6 nitrogen and oxygen atoms in total. The molecule has 0 amide bonds. The summed E-state index contributed by atoms with van der Waals surface area (Å²) in [6, 6.07) is 28.2. The molecule has 1 aromatic heterocycles. The molecule has 4 aromatic rings. The summed E-state index contributed by atoms with van der Waals surface area (Å²) >= 11 is 0.776. The number of hydrogen-bond acceptors (Lipinski definition) is 6. The van der Waals surface area contributed by atoms with Crippen LogP contribution in [-0.2, 0) is 13.8 Å². The van der Waals surface area contributed by atoms with E-state index in [-0.39, 0.29) is 12.8 Å². The summed E-state index contributed by atoms with van der Waals surface area (Å²) in [6.45, 7) is 0. The van der Waals surface area contributed by atoms with Crippen molar-refractivity contribution in [2.24, 2.45) is 0 Å². The van der Waals surface area contributed by atoms with E-state index in [1.54, 1.807) is 0 Å². The molecule has 0 aliphatic carbocycles. The van der Waals surface area contributed by atoms with Crippen LogP contribution in [0.2, 0.25) is 0 Å². The third-order valence-electron chi connectivity index (χ3n) is 4.00. The maximum Gasteiger partial charge on any atom is 0.318 e. The van der Waals surface area contributed by atoms with Crippen LogP contribution >= 0.6 is 12.0 Å². The molecule has 0 bridgehead atoms. The number of rotatable bonds is 6. The number of imidazole rings is 1. The lowest BCUT2D eigenvalue weighted by atomic mass is 10.1. The molecule has 4 rings (SSSR count). The number of carboxylic acid groups (broad SMARTS) is 1. The van der Waals surface area contributed by atoms with Gasteiger partial charge in [-0.1, -0.05) is 72.8 Å². The number of aromatic amines is 1. The van der Waals surface area contributed by atoms with E-state index in [4.69, 9.17) is 4.18 Å². The largest absolute Gasteiger partial charge is 0.550 e. The van der Waals surface area contributed by atoms with Crippen LogP contribution < -0.4 is 5.11 Å². The summed E-state index contributed by atoms with van der Waals surface area (Å²) in [5.41, 5.74) is 4.16. The lowest BCUT2D eigenvalue weighted by Crippen LogP contribution is -2.22. The van der Waals surface area contributed by atoms with Crippen molar-refractivity contribution in [1.29, 1.82) is 0 Å². The first-order valence-electron chi connectivity index (χ1n) is 9.24. The number of carbonyl (C=O) groups excluding carboxylic acids is 2. The van der Waals surface area contributed by atoms with Crippen LogP contribution in [0.15, 0.2) is 90.1 Å². The number of aliphatic carboxylic acids is 1. The molecule has 1 heterocycles. The second kappa shape index (κ2) is 10.8. The minimum Gasteiger partial charge on any atom is -0.550 e. The van der Waals surface area contributed by atoms with Crippen molar-refractivity contribution >= 4 is 35.0 Å². The van der Waals surface area contributed by atoms with Crippen molar-refractivity contribution < 1.29 is 18.9 Å². The SMILES string of the molecule is O=C([O-])CCC(=O)OSc1nc2ccccc2[nH]1.c1ccc(-c2ccccc2)cc1. The Morgan fingerprint density at radius 3 is 1.97 bits per heavy atom. The van der Waals surface area contributed by atoms with Gasteiger partial charge in [-0.2, -0.15) is 0 Å². The number of hydrogen-bond donors (Lipinski definition) is 1. The van der Waals surface area contributed by atoms with Gasteiger partial charge >= 0.3 is 5.97 Å². The van der Waals surface area contributed by atoms with Crippen molar-refractivity contribution in [1.82, 2.24) is 9.97 Å². The second-order valence-electron chi connectivity index (χ2n) is 6.20. The zero-order valence-electron chi connectivity index (χ0n) is 16.0. The molecule has 0 saturated carbocycles. The number of carboxylic acids is 1. The van der Waals surface area contributed by atoms with Gasteiger partial charge in [-0.25, -0.2) is 4.98 Å². The zero-order valence-corrected chi connectivity index (χ0v) is 16.8. The van der Waals surface area contributed by atoms with Gasteiger partial charge in [0.2, 0.25) is 5.16 Å². The van der Waals surface area contributed by atoms with Crippen LogP contribution in [0.4, 0.5) is 0 Å². The summed E-state index contributed by atoms with van der Waals surface area (Å²) in [5, 5.41) is 10.6. The summed E-state index contributed by atoms with van der Waals surface area (Å²) in [6.07, 6.45) is -0.560. The van der Waals surface area contributed by atoms with Gasteiger partial charge in [0.1, 0.15) is 12.0 Å². The quantitative estimate of drug-likeness (QED) is 0.475. The predicted octanol–water partition coefficient (Wildman–Crippen LogP) is 4.00. The fourth-order valence-electron chi connectivity index (χ4n) is 2.56. The van der Waals surface area contributed by atoms with E-state index in [0.29, 0.717) is 5.16 Å². The third-order valence-corrected chi connectivity index (χ3v) is 4.62. The average Bonchev–Trinajstić information content (AvgIpc) is 3.21. The number of fused-ring (bicyclic) bond motifs is 1. The van der Waals surface area contributed by atoms with E-state index in [0.717, 1.165) is 23.1 Å². The average molecular weight is 419 g/mol. The van der Waals surface area contributed by atoms with E-state index in [2.05, 4.69) is 58.5 Å². The minimum atomic E-state index is -1.28. The van der Waals surface area contributed by atoms with Crippen LogP contribution in [0.3, 0.4) is 0 Å². The monoisotopic (exact) mass is 419 g/mol. The van der Waals surface area contributed by atoms with Gasteiger partial charge in [-0.05, 0) is 29.7 Å². The first-order valence-corrected chi connectivity index (χ1v) is 9.98. The summed E-state index contributed by atoms with van der Waals surface area (Å²) < 4.78 is 4.80. The van der Waals surface area contributed by atoms with Gasteiger partial charge in [0.15, 0.2) is 0 Å². The third kappa shape index (κ3) is 6.49. The van der Waals surface area contributed by atoms with Crippen LogP contribution in [0.1, 0.15) is 12.8 Å². The number of H-pyrrole nitrogens is 1. The summed E-state index contributed by atoms with van der Waals surface area (Å²) in [5.74, 6) is -1.90. The topological polar surface area (TPSA) is 95.1 Å². The van der Waals surface area contributed by atoms with Gasteiger partial charge in [-0.3, -0.25) is 4.79 Å². The molecule has 30 heavy (non-hydrogen) atoms. The van der Waals surface area contributed by atoms with Gasteiger partial charge in [0, 0.05) is 5.97 Å². The van der Waals surface area contributed by atoms with E-state index in [9.17, 15) is 14.7 Å². The van der Waals surface area contributed by atoms with Crippen molar-refractivity contribution in [2.75, 3.05) is 0 Å². The molecule has 0 spiro atoms. The van der Waals surface area contributed by atoms with Crippen molar-refractivity contribution in [2.45, 2.75) is 18.0 Å². The van der Waals surface area contributed by atoms with Crippen LogP contribution in [0, 0.1) is 0 Å². The lowest BCUT2D eigenvalue weighted by molar-refractivity contribution is -0.305. The Balaban J connectivity index is 0.000000184. The standard InChI is InChI=1S/C12H10.C11H10N2O4S/c1-3-7-11(8-4-1)12-9-5-2-6-10-12;14-9(15)5-6-10(16)17-18-11-12-7-3-1-2-4-8(7)13-11/h1-10H;1-4H,5-6H2,(H,12,13)(H,14,15)/p-1. The molecule has 0 unspecified atom stereocenters. The lowest BCUT2D eigenvalue weighted by Gasteiger charge is -2.01. The number of nitrogens with one attached hydrogen (secondary N) is 1.